The summed E-state index contributed by atoms with van der Waals surface area (Å²) in [7, 11) is 0. The Morgan fingerprint density at radius 1 is 1.44 bits per heavy atom. The zero-order chi connectivity index (χ0) is 11.7. The highest BCUT2D eigenvalue weighted by Crippen LogP contribution is 2.36. The van der Waals surface area contributed by atoms with Gasteiger partial charge in [0.05, 0.1) is 0 Å². The molecule has 3 unspecified atom stereocenters. The Kier molecular flexibility index (Phi) is 3.28. The van der Waals surface area contributed by atoms with Gasteiger partial charge < -0.3 is 10.3 Å². The summed E-state index contributed by atoms with van der Waals surface area (Å²) in [5, 5.41) is 0. The second-order valence-electron chi connectivity index (χ2n) is 4.94. The lowest BCUT2D eigenvalue weighted by Crippen LogP contribution is -2.26. The Balaban J connectivity index is 2.18. The Morgan fingerprint density at radius 3 is 2.81 bits per heavy atom. The Morgan fingerprint density at radius 2 is 2.19 bits per heavy atom. The maximum Gasteiger partial charge on any atom is 0.167 e. The van der Waals surface area contributed by atoms with E-state index in [9.17, 15) is 0 Å². The average Bonchev–Trinajstić information content (AvgIpc) is 2.71. The van der Waals surface area contributed by atoms with E-state index in [0.717, 1.165) is 17.7 Å². The van der Waals surface area contributed by atoms with E-state index in [4.69, 9.17) is 18.0 Å². The summed E-state index contributed by atoms with van der Waals surface area (Å²) >= 11 is 5.02. The van der Waals surface area contributed by atoms with Crippen LogP contribution in [0.4, 0.5) is 0 Å². The molecule has 0 aliphatic heterocycles. The van der Waals surface area contributed by atoms with Crippen molar-refractivity contribution in [1.29, 1.82) is 0 Å². The van der Waals surface area contributed by atoms with Gasteiger partial charge in [0.25, 0.3) is 0 Å². The van der Waals surface area contributed by atoms with Crippen LogP contribution >= 0.6 is 12.2 Å². The fourth-order valence-corrected chi connectivity index (χ4v) is 2.73. The van der Waals surface area contributed by atoms with Crippen LogP contribution in [0.15, 0.2) is 12.4 Å². The number of aromatic nitrogens is 2. The second kappa shape index (κ2) is 4.53. The number of thiocarbonyl (C=S) groups is 1. The number of nitrogens with two attached hydrogens (primary N) is 1. The normalized spacial score (nSPS) is 30.2. The van der Waals surface area contributed by atoms with E-state index in [2.05, 4.69) is 23.4 Å². The van der Waals surface area contributed by atoms with Gasteiger partial charge in [0.1, 0.15) is 4.99 Å². The molecule has 2 N–H and O–H groups in total. The number of hydrogen-bond donors (Lipinski definition) is 1. The van der Waals surface area contributed by atoms with Crippen LogP contribution in [0.1, 0.15) is 45.0 Å². The minimum atomic E-state index is 0.399. The lowest BCUT2D eigenvalue weighted by Gasteiger charge is -2.33. The topological polar surface area (TPSA) is 43.8 Å². The quantitative estimate of drug-likeness (QED) is 0.804. The van der Waals surface area contributed by atoms with Gasteiger partial charge in [-0.2, -0.15) is 0 Å². The molecule has 0 amide bonds. The molecule has 1 fully saturated rings. The molecule has 1 aromatic heterocycles. The van der Waals surface area contributed by atoms with E-state index < -0.39 is 0 Å². The van der Waals surface area contributed by atoms with Crippen molar-refractivity contribution in [2.75, 3.05) is 0 Å². The van der Waals surface area contributed by atoms with Crippen LogP contribution in [0.5, 0.6) is 0 Å². The molecule has 1 saturated carbocycles. The zero-order valence-corrected chi connectivity index (χ0v) is 10.7. The van der Waals surface area contributed by atoms with Gasteiger partial charge in [-0.15, -0.1) is 0 Å². The van der Waals surface area contributed by atoms with Crippen molar-refractivity contribution in [3.63, 3.8) is 0 Å². The van der Waals surface area contributed by atoms with Crippen molar-refractivity contribution in [3.05, 3.63) is 18.2 Å². The van der Waals surface area contributed by atoms with Gasteiger partial charge in [-0.1, -0.05) is 26.1 Å². The van der Waals surface area contributed by atoms with Crippen molar-refractivity contribution in [2.24, 2.45) is 17.6 Å². The van der Waals surface area contributed by atoms with Crippen molar-refractivity contribution in [2.45, 2.75) is 39.2 Å². The number of hydrogen-bond acceptors (Lipinski definition) is 2. The highest BCUT2D eigenvalue weighted by molar-refractivity contribution is 7.80. The van der Waals surface area contributed by atoms with Crippen LogP contribution in [0.3, 0.4) is 0 Å². The third kappa shape index (κ3) is 2.12. The van der Waals surface area contributed by atoms with Gasteiger partial charge in [0.2, 0.25) is 0 Å². The molecule has 1 heterocycles. The maximum atomic E-state index is 5.68. The smallest absolute Gasteiger partial charge is 0.167 e. The summed E-state index contributed by atoms with van der Waals surface area (Å²) in [6, 6.07) is 0.519. The molecule has 0 bridgehead atoms. The first-order valence-electron chi connectivity index (χ1n) is 5.92. The molecule has 1 aliphatic rings. The van der Waals surface area contributed by atoms with Crippen LogP contribution < -0.4 is 5.73 Å². The average molecular weight is 237 g/mol. The SMILES string of the molecule is CC1CCC(n2ccnc2C(N)=S)CC1C. The van der Waals surface area contributed by atoms with E-state index in [1.54, 1.807) is 6.20 Å². The van der Waals surface area contributed by atoms with Gasteiger partial charge in [-0.25, -0.2) is 4.98 Å². The maximum absolute atomic E-state index is 5.68. The van der Waals surface area contributed by atoms with Gasteiger partial charge in [0.15, 0.2) is 5.82 Å². The van der Waals surface area contributed by atoms with Crippen LogP contribution in [0.25, 0.3) is 0 Å². The predicted molar refractivity (Wildman–Crippen MR) is 69.3 cm³/mol. The predicted octanol–water partition coefficient (Wildman–Crippen LogP) is 2.51. The fourth-order valence-electron chi connectivity index (χ4n) is 2.57. The minimum absolute atomic E-state index is 0.399. The largest absolute Gasteiger partial charge is 0.387 e. The van der Waals surface area contributed by atoms with E-state index in [1.807, 2.05) is 6.20 Å². The molecule has 0 spiro atoms. The lowest BCUT2D eigenvalue weighted by atomic mass is 9.79. The van der Waals surface area contributed by atoms with Gasteiger partial charge in [-0.3, -0.25) is 0 Å². The number of rotatable bonds is 2. The van der Waals surface area contributed by atoms with Gasteiger partial charge in [0, 0.05) is 18.4 Å². The summed E-state index contributed by atoms with van der Waals surface area (Å²) in [6.45, 7) is 4.66. The molecule has 2 rings (SSSR count). The van der Waals surface area contributed by atoms with E-state index >= 15 is 0 Å². The van der Waals surface area contributed by atoms with Crippen LogP contribution in [-0.2, 0) is 0 Å². The van der Waals surface area contributed by atoms with Gasteiger partial charge in [-0.05, 0) is 31.1 Å². The molecule has 16 heavy (non-hydrogen) atoms. The highest BCUT2D eigenvalue weighted by atomic mass is 32.1. The van der Waals surface area contributed by atoms with Crippen molar-refractivity contribution >= 4 is 17.2 Å². The first kappa shape index (κ1) is 11.6. The van der Waals surface area contributed by atoms with Gasteiger partial charge >= 0.3 is 0 Å². The first-order valence-corrected chi connectivity index (χ1v) is 6.33. The third-order valence-corrected chi connectivity index (χ3v) is 4.04. The number of nitrogens with zero attached hydrogens (tertiary/aromatic N) is 2. The first-order chi connectivity index (χ1) is 7.59. The molecular weight excluding hydrogens is 218 g/mol. The summed E-state index contributed by atoms with van der Waals surface area (Å²) in [4.78, 5) is 4.63. The molecule has 1 aliphatic carbocycles. The zero-order valence-electron chi connectivity index (χ0n) is 9.89. The fraction of sp³-hybridized carbons (Fsp3) is 0.667. The molecule has 3 atom stereocenters. The molecule has 3 nitrogen and oxygen atoms in total. The van der Waals surface area contributed by atoms with Crippen molar-refractivity contribution in [3.8, 4) is 0 Å². The summed E-state index contributed by atoms with van der Waals surface area (Å²) in [5.74, 6) is 2.36. The van der Waals surface area contributed by atoms with Crippen LogP contribution in [0, 0.1) is 11.8 Å². The van der Waals surface area contributed by atoms with Crippen LogP contribution in [0.2, 0.25) is 0 Å². The molecule has 0 saturated heterocycles. The minimum Gasteiger partial charge on any atom is -0.387 e. The third-order valence-electron chi connectivity index (χ3n) is 3.85. The van der Waals surface area contributed by atoms with E-state index in [1.165, 1.54) is 19.3 Å². The van der Waals surface area contributed by atoms with Crippen LogP contribution in [-0.4, -0.2) is 14.5 Å². The monoisotopic (exact) mass is 237 g/mol. The lowest BCUT2D eigenvalue weighted by molar-refractivity contribution is 0.210. The van der Waals surface area contributed by atoms with Crippen molar-refractivity contribution < 1.29 is 0 Å². The summed E-state index contributed by atoms with van der Waals surface area (Å²) < 4.78 is 2.16. The Hall–Kier alpha value is -0.900. The highest BCUT2D eigenvalue weighted by Gasteiger charge is 2.26. The molecule has 1 aromatic rings. The molecule has 0 aromatic carbocycles. The Labute approximate surface area is 102 Å². The number of imidazole rings is 1. The molecule has 0 radical (unpaired) electrons. The van der Waals surface area contributed by atoms with Crippen molar-refractivity contribution in [1.82, 2.24) is 9.55 Å². The standard InChI is InChI=1S/C12H19N3S/c1-8-3-4-10(7-9(8)2)15-6-5-14-12(15)11(13)16/h5-6,8-10H,3-4,7H2,1-2H3,(H2,13,16). The molecule has 88 valence electrons. The van der Waals surface area contributed by atoms with E-state index in [-0.39, 0.29) is 0 Å². The second-order valence-corrected chi connectivity index (χ2v) is 5.38. The summed E-state index contributed by atoms with van der Waals surface area (Å²) in [6.07, 6.45) is 7.48. The Bertz CT molecular complexity index is 385. The molecule has 4 heteroatoms. The summed E-state index contributed by atoms with van der Waals surface area (Å²) in [5.41, 5.74) is 5.68. The van der Waals surface area contributed by atoms with E-state index in [0.29, 0.717) is 11.0 Å². The molecular formula is C12H19N3S.